The van der Waals surface area contributed by atoms with Crippen molar-refractivity contribution in [2.45, 2.75) is 11.2 Å². The lowest BCUT2D eigenvalue weighted by atomic mass is 10.1. The van der Waals surface area contributed by atoms with Gasteiger partial charge in [0.25, 0.3) is 0 Å². The molecule has 60 valence electrons. The molecule has 1 aromatic rings. The van der Waals surface area contributed by atoms with Gasteiger partial charge in [0.15, 0.2) is 0 Å². The molecule has 0 N–H and O–H groups in total. The lowest BCUT2D eigenvalue weighted by molar-refractivity contribution is 1.27. The summed E-state index contributed by atoms with van der Waals surface area (Å²) in [5.74, 6) is 0.595. The Bertz CT molecular complexity index is 250. The lowest BCUT2D eigenvalue weighted by Gasteiger charge is -2.03. The Balaban J connectivity index is 3.06. The van der Waals surface area contributed by atoms with Crippen LogP contribution in [0.4, 0.5) is 0 Å². The summed E-state index contributed by atoms with van der Waals surface area (Å²) < 4.78 is 1.26. The van der Waals surface area contributed by atoms with E-state index in [1.807, 2.05) is 0 Å². The van der Waals surface area contributed by atoms with Crippen molar-refractivity contribution in [1.82, 2.24) is 0 Å². The van der Waals surface area contributed by atoms with Crippen LogP contribution in [0.2, 0.25) is 0 Å². The summed E-state index contributed by atoms with van der Waals surface area (Å²) >= 11 is 11.5. The van der Waals surface area contributed by atoms with Crippen molar-refractivity contribution >= 4 is 50.1 Å². The van der Waals surface area contributed by atoms with Gasteiger partial charge in [0.2, 0.25) is 0 Å². The van der Waals surface area contributed by atoms with E-state index >= 15 is 0 Å². The highest BCUT2D eigenvalue weighted by Crippen LogP contribution is 2.18. The highest BCUT2D eigenvalue weighted by Gasteiger charge is 1.99. The van der Waals surface area contributed by atoms with Crippen molar-refractivity contribution in [2.24, 2.45) is 0 Å². The molecule has 0 saturated heterocycles. The van der Waals surface area contributed by atoms with Crippen LogP contribution < -0.4 is 0 Å². The van der Waals surface area contributed by atoms with Crippen molar-refractivity contribution in [3.63, 3.8) is 0 Å². The molecule has 0 bridgehead atoms. The molecule has 1 rings (SSSR count). The molecule has 0 spiro atoms. The van der Waals surface area contributed by atoms with Crippen LogP contribution in [0.5, 0.6) is 0 Å². The first kappa shape index (κ1) is 9.81. The van der Waals surface area contributed by atoms with Gasteiger partial charge in [0, 0.05) is 14.8 Å². The Morgan fingerprint density at radius 3 is 2.64 bits per heavy atom. The van der Waals surface area contributed by atoms with Crippen LogP contribution in [0.15, 0.2) is 18.2 Å². The quantitative estimate of drug-likeness (QED) is 0.563. The SMILES string of the molecule is ClCc1ccc(I)cc1CBr. The van der Waals surface area contributed by atoms with Gasteiger partial charge < -0.3 is 0 Å². The average molecular weight is 345 g/mol. The van der Waals surface area contributed by atoms with Gasteiger partial charge in [-0.3, -0.25) is 0 Å². The van der Waals surface area contributed by atoms with Gasteiger partial charge in [0.1, 0.15) is 0 Å². The van der Waals surface area contributed by atoms with Gasteiger partial charge in [-0.2, -0.15) is 0 Å². The molecule has 3 heteroatoms. The Hall–Kier alpha value is 0.720. The molecule has 0 aliphatic rings. The number of benzene rings is 1. The Morgan fingerprint density at radius 1 is 1.36 bits per heavy atom. The van der Waals surface area contributed by atoms with Gasteiger partial charge in [0.05, 0.1) is 0 Å². The van der Waals surface area contributed by atoms with Crippen LogP contribution in [0.1, 0.15) is 11.1 Å². The van der Waals surface area contributed by atoms with Crippen molar-refractivity contribution in [1.29, 1.82) is 0 Å². The summed E-state index contributed by atoms with van der Waals surface area (Å²) in [6.07, 6.45) is 0. The number of alkyl halides is 2. The highest BCUT2D eigenvalue weighted by molar-refractivity contribution is 14.1. The zero-order valence-corrected chi connectivity index (χ0v) is 10.3. The monoisotopic (exact) mass is 344 g/mol. The van der Waals surface area contributed by atoms with Crippen LogP contribution in [-0.4, -0.2) is 0 Å². The van der Waals surface area contributed by atoms with Gasteiger partial charge in [-0.15, -0.1) is 11.6 Å². The van der Waals surface area contributed by atoms with E-state index < -0.39 is 0 Å². The molecule has 1 aromatic carbocycles. The smallest absolute Gasteiger partial charge is 0.0477 e. The van der Waals surface area contributed by atoms with Crippen molar-refractivity contribution in [3.8, 4) is 0 Å². The predicted molar refractivity (Wildman–Crippen MR) is 61.3 cm³/mol. The third kappa shape index (κ3) is 2.60. The van der Waals surface area contributed by atoms with Crippen LogP contribution in [0.3, 0.4) is 0 Å². The molecular formula is C8H7BrClI. The molecular weight excluding hydrogens is 338 g/mol. The normalized spacial score (nSPS) is 10.1. The first-order valence-electron chi connectivity index (χ1n) is 3.17. The highest BCUT2D eigenvalue weighted by atomic mass is 127. The molecule has 0 amide bonds. The largest absolute Gasteiger partial charge is 0.122 e. The van der Waals surface area contributed by atoms with Crippen LogP contribution in [-0.2, 0) is 11.2 Å². The fourth-order valence-electron chi connectivity index (χ4n) is 0.849. The molecule has 0 aromatic heterocycles. The second kappa shape index (κ2) is 4.67. The second-order valence-corrected chi connectivity index (χ2v) is 4.25. The van der Waals surface area contributed by atoms with Gasteiger partial charge >= 0.3 is 0 Å². The summed E-state index contributed by atoms with van der Waals surface area (Å²) in [6.45, 7) is 0. The molecule has 0 aliphatic carbocycles. The van der Waals surface area contributed by atoms with Crippen molar-refractivity contribution in [3.05, 3.63) is 32.9 Å². The summed E-state index contributed by atoms with van der Waals surface area (Å²) in [5.41, 5.74) is 2.50. The maximum Gasteiger partial charge on any atom is 0.0477 e. The molecule has 0 heterocycles. The van der Waals surface area contributed by atoms with Gasteiger partial charge in [-0.25, -0.2) is 0 Å². The molecule has 0 fully saturated rings. The van der Waals surface area contributed by atoms with Crippen LogP contribution in [0, 0.1) is 3.57 Å². The summed E-state index contributed by atoms with van der Waals surface area (Å²) in [7, 11) is 0. The minimum atomic E-state index is 0.595. The Morgan fingerprint density at radius 2 is 2.09 bits per heavy atom. The second-order valence-electron chi connectivity index (χ2n) is 2.18. The molecule has 0 radical (unpaired) electrons. The standard InChI is InChI=1S/C8H7BrClI/c9-4-7-3-8(11)2-1-6(7)5-10/h1-3H,4-5H2. The molecule has 0 aliphatic heterocycles. The molecule has 0 nitrogen and oxygen atoms in total. The third-order valence-corrected chi connectivity index (χ3v) is 3.02. The van der Waals surface area contributed by atoms with E-state index in [1.54, 1.807) is 0 Å². The third-order valence-electron chi connectivity index (χ3n) is 1.46. The zero-order chi connectivity index (χ0) is 8.27. The van der Waals surface area contributed by atoms with E-state index in [0.717, 1.165) is 5.33 Å². The van der Waals surface area contributed by atoms with Gasteiger partial charge in [-0.1, -0.05) is 22.0 Å². The average Bonchev–Trinajstić information content (AvgIpc) is 2.04. The fourth-order valence-corrected chi connectivity index (χ4v) is 2.19. The Labute approximate surface area is 93.6 Å². The van der Waals surface area contributed by atoms with E-state index in [9.17, 15) is 0 Å². The predicted octanol–water partition coefficient (Wildman–Crippen LogP) is 3.92. The van der Waals surface area contributed by atoms with Gasteiger partial charge in [-0.05, 0) is 45.9 Å². The fraction of sp³-hybridized carbons (Fsp3) is 0.250. The summed E-state index contributed by atoms with van der Waals surface area (Å²) in [6, 6.07) is 6.29. The molecule has 0 saturated carbocycles. The maximum atomic E-state index is 5.74. The van der Waals surface area contributed by atoms with E-state index in [0.29, 0.717) is 5.88 Å². The Kier molecular flexibility index (Phi) is 4.17. The summed E-state index contributed by atoms with van der Waals surface area (Å²) in [5, 5.41) is 0.881. The molecule has 11 heavy (non-hydrogen) atoms. The van der Waals surface area contributed by atoms with E-state index in [4.69, 9.17) is 11.6 Å². The minimum absolute atomic E-state index is 0.595. The van der Waals surface area contributed by atoms with E-state index in [1.165, 1.54) is 14.7 Å². The first-order chi connectivity index (χ1) is 5.27. The lowest BCUT2D eigenvalue weighted by Crippen LogP contribution is -1.88. The zero-order valence-electron chi connectivity index (χ0n) is 5.78. The number of hydrogen-bond acceptors (Lipinski definition) is 0. The molecule has 0 atom stereocenters. The number of rotatable bonds is 2. The van der Waals surface area contributed by atoms with E-state index in [-0.39, 0.29) is 0 Å². The maximum absolute atomic E-state index is 5.74. The number of halogens is 3. The molecule has 0 unspecified atom stereocenters. The minimum Gasteiger partial charge on any atom is -0.122 e. The van der Waals surface area contributed by atoms with Crippen LogP contribution >= 0.6 is 50.1 Å². The summed E-state index contributed by atoms with van der Waals surface area (Å²) in [4.78, 5) is 0. The topological polar surface area (TPSA) is 0 Å². The first-order valence-corrected chi connectivity index (χ1v) is 5.90. The number of hydrogen-bond donors (Lipinski definition) is 0. The van der Waals surface area contributed by atoms with Crippen molar-refractivity contribution in [2.75, 3.05) is 0 Å². The van der Waals surface area contributed by atoms with E-state index in [2.05, 4.69) is 56.7 Å². The van der Waals surface area contributed by atoms with Crippen LogP contribution in [0.25, 0.3) is 0 Å². The van der Waals surface area contributed by atoms with Crippen molar-refractivity contribution < 1.29 is 0 Å².